The highest BCUT2D eigenvalue weighted by molar-refractivity contribution is 5.91. The first kappa shape index (κ1) is 5.74. The molecule has 1 rings (SSSR count). The number of aromatic nitrogens is 2. The molecular weight excluding hydrogens is 122 g/mol. The summed E-state index contributed by atoms with van der Waals surface area (Å²) in [5.41, 5.74) is 0.192. The van der Waals surface area contributed by atoms with Crippen LogP contribution in [-0.2, 0) is 0 Å². The fourth-order valence-corrected chi connectivity index (χ4v) is 0.393. The number of carbonyl (C=O) groups excluding carboxylic acids is 1. The van der Waals surface area contributed by atoms with Gasteiger partial charge < -0.3 is 5.32 Å². The minimum atomic E-state index is -0.295. The van der Waals surface area contributed by atoms with E-state index in [1.807, 2.05) is 0 Å². The lowest BCUT2D eigenvalue weighted by Crippen LogP contribution is -2.17. The summed E-state index contributed by atoms with van der Waals surface area (Å²) in [6, 6.07) is 0. The highest BCUT2D eigenvalue weighted by Crippen LogP contribution is 1.87. The van der Waals surface area contributed by atoms with E-state index >= 15 is 0 Å². The molecule has 0 saturated heterocycles. The SMILES string of the molecule is CNC(=O)c1cnon1. The van der Waals surface area contributed by atoms with Crippen LogP contribution >= 0.6 is 0 Å². The minimum Gasteiger partial charge on any atom is -0.354 e. The number of rotatable bonds is 1. The van der Waals surface area contributed by atoms with Crippen molar-refractivity contribution >= 4 is 5.91 Å². The van der Waals surface area contributed by atoms with Crippen LogP contribution in [0.25, 0.3) is 0 Å². The lowest BCUT2D eigenvalue weighted by molar-refractivity contribution is 0.0953. The topological polar surface area (TPSA) is 68.0 Å². The van der Waals surface area contributed by atoms with Gasteiger partial charge in [0.1, 0.15) is 6.20 Å². The largest absolute Gasteiger partial charge is 0.354 e. The van der Waals surface area contributed by atoms with Gasteiger partial charge >= 0.3 is 0 Å². The molecule has 1 aromatic heterocycles. The second-order valence-corrected chi connectivity index (χ2v) is 1.37. The molecule has 5 heteroatoms. The third-order valence-corrected chi connectivity index (χ3v) is 0.821. The van der Waals surface area contributed by atoms with Gasteiger partial charge in [0.25, 0.3) is 5.91 Å². The van der Waals surface area contributed by atoms with Crippen molar-refractivity contribution in [2.24, 2.45) is 0 Å². The Bertz CT molecular complexity index is 194. The van der Waals surface area contributed by atoms with Gasteiger partial charge in [-0.2, -0.15) is 0 Å². The van der Waals surface area contributed by atoms with Crippen molar-refractivity contribution < 1.29 is 9.42 Å². The van der Waals surface area contributed by atoms with Gasteiger partial charge in [-0.25, -0.2) is 4.63 Å². The molecule has 0 bridgehead atoms. The molecule has 0 saturated carbocycles. The van der Waals surface area contributed by atoms with Gasteiger partial charge in [-0.3, -0.25) is 4.79 Å². The van der Waals surface area contributed by atoms with Crippen LogP contribution in [0, 0.1) is 0 Å². The average molecular weight is 127 g/mol. The molecule has 0 spiro atoms. The Morgan fingerprint density at radius 3 is 3.11 bits per heavy atom. The summed E-state index contributed by atoms with van der Waals surface area (Å²) < 4.78 is 4.18. The van der Waals surface area contributed by atoms with Crippen molar-refractivity contribution in [2.75, 3.05) is 7.05 Å². The van der Waals surface area contributed by atoms with E-state index in [-0.39, 0.29) is 11.6 Å². The molecule has 5 nitrogen and oxygen atoms in total. The molecule has 0 fully saturated rings. The molecule has 0 aliphatic rings. The van der Waals surface area contributed by atoms with E-state index in [4.69, 9.17) is 0 Å². The molecule has 48 valence electrons. The van der Waals surface area contributed by atoms with Crippen LogP contribution in [0.15, 0.2) is 10.8 Å². The van der Waals surface area contributed by atoms with Crippen LogP contribution in [0.4, 0.5) is 0 Å². The van der Waals surface area contributed by atoms with Crippen molar-refractivity contribution in [1.29, 1.82) is 0 Å². The zero-order valence-electron chi connectivity index (χ0n) is 4.79. The summed E-state index contributed by atoms with van der Waals surface area (Å²) in [7, 11) is 1.51. The third kappa shape index (κ3) is 1.04. The Kier molecular flexibility index (Phi) is 1.44. The number of hydrogen-bond acceptors (Lipinski definition) is 4. The standard InChI is InChI=1S/C4H5N3O2/c1-5-4(8)3-2-6-9-7-3/h2H,1H3,(H,5,8). The predicted octanol–water partition coefficient (Wildman–Crippen LogP) is -0.571. The second kappa shape index (κ2) is 2.25. The van der Waals surface area contributed by atoms with Gasteiger partial charge in [-0.1, -0.05) is 5.16 Å². The van der Waals surface area contributed by atoms with Crippen LogP contribution in [-0.4, -0.2) is 23.3 Å². The molecular formula is C4H5N3O2. The maximum absolute atomic E-state index is 10.6. The van der Waals surface area contributed by atoms with Crippen LogP contribution < -0.4 is 5.32 Å². The fourth-order valence-electron chi connectivity index (χ4n) is 0.393. The number of carbonyl (C=O) groups is 1. The zero-order chi connectivity index (χ0) is 6.69. The lowest BCUT2D eigenvalue weighted by Gasteiger charge is -1.87. The second-order valence-electron chi connectivity index (χ2n) is 1.37. The van der Waals surface area contributed by atoms with Crippen LogP contribution in [0.3, 0.4) is 0 Å². The first-order chi connectivity index (χ1) is 4.34. The smallest absolute Gasteiger partial charge is 0.274 e. The summed E-state index contributed by atoms with van der Waals surface area (Å²) in [4.78, 5) is 10.6. The lowest BCUT2D eigenvalue weighted by atomic mass is 10.5. The van der Waals surface area contributed by atoms with E-state index in [1.165, 1.54) is 13.2 Å². The molecule has 0 aromatic carbocycles. The van der Waals surface area contributed by atoms with Crippen LogP contribution in [0.1, 0.15) is 10.5 Å². The number of nitrogens with one attached hydrogen (secondary N) is 1. The van der Waals surface area contributed by atoms with Crippen molar-refractivity contribution in [2.45, 2.75) is 0 Å². The Morgan fingerprint density at radius 2 is 2.67 bits per heavy atom. The third-order valence-electron chi connectivity index (χ3n) is 0.821. The summed E-state index contributed by atoms with van der Waals surface area (Å²) in [6.45, 7) is 0. The van der Waals surface area contributed by atoms with Gasteiger partial charge in [0.15, 0.2) is 5.69 Å². The van der Waals surface area contributed by atoms with E-state index in [1.54, 1.807) is 0 Å². The molecule has 0 radical (unpaired) electrons. The summed E-state index contributed by atoms with van der Waals surface area (Å²) in [6.07, 6.45) is 1.25. The molecule has 0 atom stereocenters. The number of nitrogens with zero attached hydrogens (tertiary/aromatic N) is 2. The number of hydrogen-bond donors (Lipinski definition) is 1. The quantitative estimate of drug-likeness (QED) is 0.548. The van der Waals surface area contributed by atoms with E-state index < -0.39 is 0 Å². The van der Waals surface area contributed by atoms with E-state index in [9.17, 15) is 4.79 Å². The van der Waals surface area contributed by atoms with Crippen molar-refractivity contribution in [1.82, 2.24) is 15.6 Å². The van der Waals surface area contributed by atoms with Crippen molar-refractivity contribution in [3.05, 3.63) is 11.9 Å². The average Bonchev–Trinajstić information content (AvgIpc) is 2.37. The Balaban J connectivity index is 2.77. The molecule has 0 aliphatic heterocycles. The molecule has 9 heavy (non-hydrogen) atoms. The molecule has 1 N–H and O–H groups in total. The van der Waals surface area contributed by atoms with Gasteiger partial charge in [-0.05, 0) is 5.16 Å². The van der Waals surface area contributed by atoms with Crippen molar-refractivity contribution in [3.8, 4) is 0 Å². The summed E-state index contributed by atoms with van der Waals surface area (Å²) >= 11 is 0. The van der Waals surface area contributed by atoms with Gasteiger partial charge in [0.05, 0.1) is 0 Å². The molecule has 1 aromatic rings. The summed E-state index contributed by atoms with van der Waals surface area (Å²) in [5.74, 6) is -0.295. The molecule has 1 heterocycles. The van der Waals surface area contributed by atoms with Crippen molar-refractivity contribution in [3.63, 3.8) is 0 Å². The molecule has 1 amide bonds. The van der Waals surface area contributed by atoms with Gasteiger partial charge in [0, 0.05) is 7.05 Å². The van der Waals surface area contributed by atoms with E-state index in [2.05, 4.69) is 20.3 Å². The van der Waals surface area contributed by atoms with E-state index in [0.29, 0.717) is 0 Å². The van der Waals surface area contributed by atoms with Gasteiger partial charge in [0.2, 0.25) is 0 Å². The first-order valence-electron chi connectivity index (χ1n) is 2.34. The maximum atomic E-state index is 10.6. The summed E-state index contributed by atoms with van der Waals surface area (Å²) in [5, 5.41) is 8.90. The molecule has 0 aliphatic carbocycles. The minimum absolute atomic E-state index is 0.192. The molecule has 0 unspecified atom stereocenters. The highest BCUT2D eigenvalue weighted by Gasteiger charge is 2.05. The van der Waals surface area contributed by atoms with Crippen LogP contribution in [0.5, 0.6) is 0 Å². The highest BCUT2D eigenvalue weighted by atomic mass is 16.6. The Hall–Kier alpha value is -1.39. The van der Waals surface area contributed by atoms with E-state index in [0.717, 1.165) is 0 Å². The fraction of sp³-hybridized carbons (Fsp3) is 0.250. The first-order valence-corrected chi connectivity index (χ1v) is 2.34. The van der Waals surface area contributed by atoms with Crippen LogP contribution in [0.2, 0.25) is 0 Å². The Labute approximate surface area is 51.0 Å². The Morgan fingerprint density at radius 1 is 1.89 bits per heavy atom. The normalized spacial score (nSPS) is 9.00. The zero-order valence-corrected chi connectivity index (χ0v) is 4.79. The monoisotopic (exact) mass is 127 g/mol. The predicted molar refractivity (Wildman–Crippen MR) is 27.7 cm³/mol. The van der Waals surface area contributed by atoms with Gasteiger partial charge in [-0.15, -0.1) is 0 Å². The maximum Gasteiger partial charge on any atom is 0.274 e. The number of amides is 1.